The number of carbonyl (C=O) groups excluding carboxylic acids is 1. The Morgan fingerprint density at radius 1 is 1.30 bits per heavy atom. The third kappa shape index (κ3) is 185. The molecule has 4 nitrogen and oxygen atoms in total. The Labute approximate surface area is 61.6 Å². The van der Waals surface area contributed by atoms with Crippen LogP contribution in [0, 0.1) is 0 Å². The van der Waals surface area contributed by atoms with Gasteiger partial charge in [0.05, 0.1) is 28.2 Å². The highest BCUT2D eigenvalue weighted by atomic mass is 16.6. The first-order valence-corrected chi connectivity index (χ1v) is 2.81. The monoisotopic (exact) mass is 149 g/mol. The van der Waals surface area contributed by atoms with E-state index in [0.29, 0.717) is 0 Å². The molecule has 0 aliphatic heterocycles. The summed E-state index contributed by atoms with van der Waals surface area (Å²) in [7, 11) is 9.54. The fraction of sp³-hybridized carbons (Fsp3) is 0.833. The van der Waals surface area contributed by atoms with Crippen LogP contribution in [0.4, 0.5) is 4.79 Å². The Hall–Kier alpha value is -0.770. The molecule has 0 aliphatic carbocycles. The van der Waals surface area contributed by atoms with E-state index in [1.165, 1.54) is 0 Å². The van der Waals surface area contributed by atoms with Crippen molar-refractivity contribution in [3.63, 3.8) is 0 Å². The molecule has 0 aromatic heterocycles. The summed E-state index contributed by atoms with van der Waals surface area (Å²) in [6, 6.07) is 0. The Bertz CT molecular complexity index is 89.7. The van der Waals surface area contributed by atoms with E-state index in [-0.39, 0.29) is 0 Å². The third-order valence-electron chi connectivity index (χ3n) is 0.167. The summed E-state index contributed by atoms with van der Waals surface area (Å²) in [6.45, 7) is 0. The highest BCUT2D eigenvalue weighted by molar-refractivity contribution is 5.53. The van der Waals surface area contributed by atoms with Gasteiger partial charge in [0.25, 0.3) is 6.16 Å². The zero-order chi connectivity index (χ0) is 8.78. The number of carboxylic acid groups (broad SMARTS) is 1. The lowest BCUT2D eigenvalue weighted by Crippen LogP contribution is -2.27. The van der Waals surface area contributed by atoms with Crippen LogP contribution in [-0.4, -0.2) is 45.9 Å². The van der Waals surface area contributed by atoms with Gasteiger partial charge in [-0.3, -0.25) is 0 Å². The molecule has 0 saturated carbocycles. The van der Waals surface area contributed by atoms with Crippen LogP contribution in [0.3, 0.4) is 0 Å². The molecule has 62 valence electrons. The van der Waals surface area contributed by atoms with Gasteiger partial charge in [0.2, 0.25) is 0 Å². The van der Waals surface area contributed by atoms with Crippen molar-refractivity contribution in [1.82, 2.24) is 0 Å². The maximum Gasteiger partial charge on any atom is 0.251 e. The lowest BCUT2D eigenvalue weighted by molar-refractivity contribution is -0.849. The molecule has 0 aliphatic rings. The molecule has 0 N–H and O–H groups in total. The molecular weight excluding hydrogens is 134 g/mol. The Morgan fingerprint density at radius 2 is 1.40 bits per heavy atom. The van der Waals surface area contributed by atoms with Gasteiger partial charge >= 0.3 is 0 Å². The number of nitrogens with zero attached hydrogens (tertiary/aromatic N) is 1. The maximum atomic E-state index is 9.03. The minimum atomic E-state index is -1.50. The molecule has 0 aromatic carbocycles. The summed E-state index contributed by atoms with van der Waals surface area (Å²) in [5, 5.41) is 9.03. The number of carbonyl (C=O) groups is 1. The van der Waals surface area contributed by atoms with Gasteiger partial charge in [0.15, 0.2) is 0 Å². The van der Waals surface area contributed by atoms with Gasteiger partial charge in [0, 0.05) is 7.11 Å². The van der Waals surface area contributed by atoms with E-state index in [4.69, 9.17) is 9.90 Å². The first-order chi connectivity index (χ1) is 4.27. The smallest absolute Gasteiger partial charge is 0.251 e. The number of hydrogen-bond acceptors (Lipinski definition) is 3. The molecule has 10 heavy (non-hydrogen) atoms. The SMILES string of the molecule is COC(=O)[O-].C[N+](C)(C)C. The second-order valence-corrected chi connectivity index (χ2v) is 3.14. The number of ether oxygens (including phenoxy) is 1. The minimum absolute atomic E-state index is 1.00. The molecule has 0 atom stereocenters. The van der Waals surface area contributed by atoms with Gasteiger partial charge in [-0.25, -0.2) is 0 Å². The van der Waals surface area contributed by atoms with Crippen molar-refractivity contribution in [1.29, 1.82) is 0 Å². The average molecular weight is 149 g/mol. The van der Waals surface area contributed by atoms with Gasteiger partial charge < -0.3 is 19.1 Å². The summed E-state index contributed by atoms with van der Waals surface area (Å²) in [6.07, 6.45) is -1.50. The van der Waals surface area contributed by atoms with Gasteiger partial charge in [-0.05, 0) is 0 Å². The number of methoxy groups -OCH3 is 1. The van der Waals surface area contributed by atoms with Crippen LogP contribution in [-0.2, 0) is 4.74 Å². The van der Waals surface area contributed by atoms with Gasteiger partial charge in [0.1, 0.15) is 0 Å². The quantitative estimate of drug-likeness (QED) is 0.338. The molecule has 0 rings (SSSR count). The van der Waals surface area contributed by atoms with E-state index in [2.05, 4.69) is 32.9 Å². The van der Waals surface area contributed by atoms with Crippen LogP contribution in [0.1, 0.15) is 0 Å². The van der Waals surface area contributed by atoms with Crippen molar-refractivity contribution >= 4 is 6.16 Å². The van der Waals surface area contributed by atoms with Crippen molar-refractivity contribution in [2.75, 3.05) is 35.3 Å². The maximum absolute atomic E-state index is 9.03. The largest absolute Gasteiger partial charge is 0.553 e. The first-order valence-electron chi connectivity index (χ1n) is 2.81. The molecule has 0 unspecified atom stereocenters. The highest BCUT2D eigenvalue weighted by Gasteiger charge is 1.88. The fourth-order valence-corrected chi connectivity index (χ4v) is 0. The summed E-state index contributed by atoms with van der Waals surface area (Å²) in [5.41, 5.74) is 0. The van der Waals surface area contributed by atoms with E-state index < -0.39 is 6.16 Å². The standard InChI is InChI=1S/C4H12N.C2H4O3/c1-5(2,3)4;1-5-2(3)4/h1-4H3;1H3,(H,3,4)/q+1;/p-1. The molecule has 0 spiro atoms. The molecule has 0 saturated heterocycles. The number of rotatable bonds is 0. The first kappa shape index (κ1) is 12.0. The minimum Gasteiger partial charge on any atom is -0.553 e. The molecular formula is C6H15NO3. The molecule has 0 radical (unpaired) electrons. The van der Waals surface area contributed by atoms with Crippen LogP contribution in [0.25, 0.3) is 0 Å². The predicted octanol–water partition coefficient (Wildman–Crippen LogP) is -0.701. The molecule has 0 heterocycles. The van der Waals surface area contributed by atoms with Crippen LogP contribution in [0.5, 0.6) is 0 Å². The predicted molar refractivity (Wildman–Crippen MR) is 36.4 cm³/mol. The molecule has 0 bridgehead atoms. The van der Waals surface area contributed by atoms with E-state index in [9.17, 15) is 0 Å². The van der Waals surface area contributed by atoms with Crippen molar-refractivity contribution in [3.8, 4) is 0 Å². The number of quaternary nitrogens is 1. The van der Waals surface area contributed by atoms with Crippen molar-refractivity contribution in [2.45, 2.75) is 0 Å². The summed E-state index contributed by atoms with van der Waals surface area (Å²) < 4.78 is 4.56. The Kier molecular flexibility index (Phi) is 6.04. The summed E-state index contributed by atoms with van der Waals surface area (Å²) >= 11 is 0. The molecule has 0 fully saturated rings. The fourth-order valence-electron chi connectivity index (χ4n) is 0. The van der Waals surface area contributed by atoms with Crippen LogP contribution in [0.15, 0.2) is 0 Å². The zero-order valence-electron chi connectivity index (χ0n) is 7.17. The summed E-state index contributed by atoms with van der Waals surface area (Å²) in [4.78, 5) is 9.03. The Morgan fingerprint density at radius 3 is 1.40 bits per heavy atom. The van der Waals surface area contributed by atoms with Gasteiger partial charge in [-0.1, -0.05) is 0 Å². The van der Waals surface area contributed by atoms with Crippen LogP contribution < -0.4 is 5.11 Å². The summed E-state index contributed by atoms with van der Waals surface area (Å²) in [5.74, 6) is 0. The van der Waals surface area contributed by atoms with E-state index in [1.54, 1.807) is 0 Å². The van der Waals surface area contributed by atoms with E-state index in [0.717, 1.165) is 11.6 Å². The second-order valence-electron chi connectivity index (χ2n) is 3.14. The van der Waals surface area contributed by atoms with Gasteiger partial charge in [-0.2, -0.15) is 0 Å². The normalized spacial score (nSPS) is 9.30. The van der Waals surface area contributed by atoms with Crippen molar-refractivity contribution < 1.29 is 19.1 Å². The average Bonchev–Trinajstić information content (AvgIpc) is 1.61. The molecule has 0 aromatic rings. The van der Waals surface area contributed by atoms with Gasteiger partial charge in [-0.15, -0.1) is 0 Å². The van der Waals surface area contributed by atoms with Crippen molar-refractivity contribution in [3.05, 3.63) is 0 Å². The molecule has 4 heteroatoms. The highest BCUT2D eigenvalue weighted by Crippen LogP contribution is 1.73. The van der Waals surface area contributed by atoms with Crippen LogP contribution >= 0.6 is 0 Å². The Balaban J connectivity index is 0. The number of hydrogen-bond donors (Lipinski definition) is 0. The van der Waals surface area contributed by atoms with Crippen molar-refractivity contribution in [2.24, 2.45) is 0 Å². The zero-order valence-corrected chi connectivity index (χ0v) is 7.17. The third-order valence-corrected chi connectivity index (χ3v) is 0.167. The van der Waals surface area contributed by atoms with E-state index in [1.807, 2.05) is 0 Å². The second kappa shape index (κ2) is 5.05. The topological polar surface area (TPSA) is 49.4 Å². The van der Waals surface area contributed by atoms with E-state index >= 15 is 0 Å². The lowest BCUT2D eigenvalue weighted by atomic mass is 10.8. The molecule has 0 amide bonds. The van der Waals surface area contributed by atoms with Crippen LogP contribution in [0.2, 0.25) is 0 Å². The lowest BCUT2D eigenvalue weighted by Gasteiger charge is -2.14.